The number of rotatable bonds is 3. The summed E-state index contributed by atoms with van der Waals surface area (Å²) in [6.07, 6.45) is 7.80. The van der Waals surface area contributed by atoms with Crippen molar-refractivity contribution in [2.45, 2.75) is 44.9 Å². The lowest BCUT2D eigenvalue weighted by Crippen LogP contribution is -2.11. The van der Waals surface area contributed by atoms with Gasteiger partial charge in [0.1, 0.15) is 5.82 Å². The minimum Gasteiger partial charge on any atom is -0.206 e. The van der Waals surface area contributed by atoms with E-state index in [4.69, 9.17) is 0 Å². The minimum absolute atomic E-state index is 0.109. The van der Waals surface area contributed by atoms with Gasteiger partial charge in [0.05, 0.1) is 0 Å². The van der Waals surface area contributed by atoms with Gasteiger partial charge in [-0.15, -0.1) is 6.58 Å². The normalized spacial score (nSPS) is 18.8. The average Bonchev–Trinajstić information content (AvgIpc) is 2.78. The second kappa shape index (κ2) is 8.66. The maximum atomic E-state index is 14.4. The highest BCUT2D eigenvalue weighted by Crippen LogP contribution is 2.36. The molecule has 0 aromatic heterocycles. The van der Waals surface area contributed by atoms with Gasteiger partial charge in [-0.1, -0.05) is 55.2 Å². The summed E-state index contributed by atoms with van der Waals surface area (Å²) in [5.74, 6) is 7.73. The van der Waals surface area contributed by atoms with Crippen LogP contribution in [-0.4, -0.2) is 0 Å². The Bertz CT molecular complexity index is 1070. The molecular weight excluding hydrogens is 355 g/mol. The van der Waals surface area contributed by atoms with Crippen LogP contribution in [0.25, 0.3) is 10.8 Å². The molecule has 0 atom stereocenters. The first-order chi connectivity index (χ1) is 14.2. The minimum atomic E-state index is -0.109. The van der Waals surface area contributed by atoms with E-state index >= 15 is 0 Å². The van der Waals surface area contributed by atoms with E-state index in [1.54, 1.807) is 0 Å². The van der Waals surface area contributed by atoms with Crippen molar-refractivity contribution in [3.63, 3.8) is 0 Å². The summed E-state index contributed by atoms with van der Waals surface area (Å²) in [6.45, 7) is 5.91. The van der Waals surface area contributed by atoms with Crippen molar-refractivity contribution in [3.8, 4) is 11.8 Å². The number of fused-ring (bicyclic) bond motifs is 1. The van der Waals surface area contributed by atoms with Gasteiger partial charge in [-0.05, 0) is 84.7 Å². The van der Waals surface area contributed by atoms with Crippen molar-refractivity contribution in [2.75, 3.05) is 0 Å². The molecule has 0 nitrogen and oxygen atoms in total. The molecule has 0 N–H and O–H groups in total. The predicted molar refractivity (Wildman–Crippen MR) is 121 cm³/mol. The predicted octanol–water partition coefficient (Wildman–Crippen LogP) is 7.40. The molecule has 146 valence electrons. The molecule has 0 amide bonds. The third kappa shape index (κ3) is 4.28. The van der Waals surface area contributed by atoms with Crippen LogP contribution in [0.1, 0.15) is 60.8 Å². The molecular formula is C28H27F. The van der Waals surface area contributed by atoms with Crippen molar-refractivity contribution in [1.82, 2.24) is 0 Å². The van der Waals surface area contributed by atoms with Gasteiger partial charge in [-0.2, -0.15) is 0 Å². The number of hydrogen-bond acceptors (Lipinski definition) is 0. The van der Waals surface area contributed by atoms with Crippen molar-refractivity contribution in [3.05, 3.63) is 95.3 Å². The first kappa shape index (κ1) is 19.5. The van der Waals surface area contributed by atoms with E-state index in [2.05, 4.69) is 48.8 Å². The second-order valence-corrected chi connectivity index (χ2v) is 8.05. The molecule has 0 bridgehead atoms. The fraction of sp³-hybridized carbons (Fsp3) is 0.286. The van der Waals surface area contributed by atoms with Gasteiger partial charge in [0, 0.05) is 16.5 Å². The van der Waals surface area contributed by atoms with Gasteiger partial charge in [0.2, 0.25) is 0 Å². The fourth-order valence-corrected chi connectivity index (χ4v) is 4.36. The molecule has 1 aliphatic carbocycles. The summed E-state index contributed by atoms with van der Waals surface area (Å²) in [7, 11) is 0. The standard InChI is InChI=1S/C28H27F/c1-3-20-7-12-24(13-8-20)25-14-9-21(10-15-25)5-6-22-11-18-27-26(19-22)17-16-23(4-2)28(27)29/h3,9-11,14-20,24H,1,4,7-8,12-13H2,2H3. The topological polar surface area (TPSA) is 0 Å². The third-order valence-electron chi connectivity index (χ3n) is 6.25. The molecule has 29 heavy (non-hydrogen) atoms. The van der Waals surface area contributed by atoms with Gasteiger partial charge in [-0.25, -0.2) is 4.39 Å². The number of benzene rings is 3. The van der Waals surface area contributed by atoms with Crippen LogP contribution in [0.3, 0.4) is 0 Å². The Hall–Kier alpha value is -2.85. The van der Waals surface area contributed by atoms with Crippen LogP contribution < -0.4 is 0 Å². The maximum Gasteiger partial charge on any atom is 0.134 e. The molecule has 0 heterocycles. The smallest absolute Gasteiger partial charge is 0.134 e. The Morgan fingerprint density at radius 2 is 1.62 bits per heavy atom. The van der Waals surface area contributed by atoms with Crippen LogP contribution in [0, 0.1) is 23.6 Å². The molecule has 3 aromatic carbocycles. The lowest BCUT2D eigenvalue weighted by atomic mass is 9.79. The molecule has 0 aliphatic heterocycles. The van der Waals surface area contributed by atoms with Crippen LogP contribution in [0.2, 0.25) is 0 Å². The van der Waals surface area contributed by atoms with Gasteiger partial charge in [0.25, 0.3) is 0 Å². The van der Waals surface area contributed by atoms with E-state index in [9.17, 15) is 4.39 Å². The van der Waals surface area contributed by atoms with E-state index in [1.165, 1.54) is 31.2 Å². The van der Waals surface area contributed by atoms with Crippen LogP contribution >= 0.6 is 0 Å². The van der Waals surface area contributed by atoms with Crippen molar-refractivity contribution in [2.24, 2.45) is 5.92 Å². The highest BCUT2D eigenvalue weighted by Gasteiger charge is 2.20. The largest absolute Gasteiger partial charge is 0.206 e. The van der Waals surface area contributed by atoms with Crippen molar-refractivity contribution < 1.29 is 4.39 Å². The zero-order valence-corrected chi connectivity index (χ0v) is 17.0. The first-order valence-electron chi connectivity index (χ1n) is 10.6. The summed E-state index contributed by atoms with van der Waals surface area (Å²) in [6, 6.07) is 18.3. The van der Waals surface area contributed by atoms with Crippen LogP contribution in [0.5, 0.6) is 0 Å². The highest BCUT2D eigenvalue weighted by molar-refractivity contribution is 5.85. The van der Waals surface area contributed by atoms with Crippen LogP contribution in [-0.2, 0) is 6.42 Å². The summed E-state index contributed by atoms with van der Waals surface area (Å²) in [5.41, 5.74) is 4.11. The SMILES string of the molecule is C=CC1CCC(c2ccc(C#Cc3ccc4c(F)c(CC)ccc4c3)cc2)CC1. The summed E-state index contributed by atoms with van der Waals surface area (Å²) in [4.78, 5) is 0. The van der Waals surface area contributed by atoms with E-state index < -0.39 is 0 Å². The van der Waals surface area contributed by atoms with E-state index in [0.29, 0.717) is 23.6 Å². The second-order valence-electron chi connectivity index (χ2n) is 8.05. The fourth-order valence-electron chi connectivity index (χ4n) is 4.36. The number of hydrogen-bond donors (Lipinski definition) is 0. The van der Waals surface area contributed by atoms with Crippen LogP contribution in [0.15, 0.2) is 67.3 Å². The lowest BCUT2D eigenvalue weighted by molar-refractivity contribution is 0.376. The molecule has 4 rings (SSSR count). The number of halogens is 1. The van der Waals surface area contributed by atoms with E-state index in [-0.39, 0.29) is 5.82 Å². The van der Waals surface area contributed by atoms with Gasteiger partial charge in [0.15, 0.2) is 0 Å². The molecule has 0 spiro atoms. The number of aryl methyl sites for hydroxylation is 1. The molecule has 0 radical (unpaired) electrons. The van der Waals surface area contributed by atoms with Crippen LogP contribution in [0.4, 0.5) is 4.39 Å². The van der Waals surface area contributed by atoms with E-state index in [1.807, 2.05) is 37.3 Å². The lowest BCUT2D eigenvalue weighted by Gasteiger charge is -2.26. The zero-order chi connectivity index (χ0) is 20.2. The Morgan fingerprint density at radius 3 is 2.31 bits per heavy atom. The summed E-state index contributed by atoms with van der Waals surface area (Å²) < 4.78 is 14.4. The molecule has 1 fully saturated rings. The summed E-state index contributed by atoms with van der Waals surface area (Å²) in [5, 5.41) is 1.57. The summed E-state index contributed by atoms with van der Waals surface area (Å²) >= 11 is 0. The first-order valence-corrected chi connectivity index (χ1v) is 10.6. The Balaban J connectivity index is 1.49. The van der Waals surface area contributed by atoms with Crippen molar-refractivity contribution in [1.29, 1.82) is 0 Å². The number of allylic oxidation sites excluding steroid dienone is 1. The highest BCUT2D eigenvalue weighted by atomic mass is 19.1. The third-order valence-corrected chi connectivity index (χ3v) is 6.25. The Labute approximate surface area is 173 Å². The maximum absolute atomic E-state index is 14.4. The Morgan fingerprint density at radius 1 is 0.931 bits per heavy atom. The monoisotopic (exact) mass is 382 g/mol. The quantitative estimate of drug-likeness (QED) is 0.327. The molecule has 1 aliphatic rings. The molecule has 0 unspecified atom stereocenters. The van der Waals surface area contributed by atoms with Crippen molar-refractivity contribution >= 4 is 10.8 Å². The molecule has 1 heteroatoms. The average molecular weight is 383 g/mol. The molecule has 3 aromatic rings. The van der Waals surface area contributed by atoms with Gasteiger partial charge in [-0.3, -0.25) is 0 Å². The van der Waals surface area contributed by atoms with Gasteiger partial charge >= 0.3 is 0 Å². The Kier molecular flexibility index (Phi) is 5.81. The molecule has 0 saturated heterocycles. The molecule has 1 saturated carbocycles. The van der Waals surface area contributed by atoms with Gasteiger partial charge < -0.3 is 0 Å². The zero-order valence-electron chi connectivity index (χ0n) is 17.0. The van der Waals surface area contributed by atoms with E-state index in [0.717, 1.165) is 22.1 Å².